The van der Waals surface area contributed by atoms with Gasteiger partial charge in [0.15, 0.2) is 0 Å². The molecule has 0 amide bonds. The van der Waals surface area contributed by atoms with E-state index in [1.807, 2.05) is 6.07 Å². The smallest absolute Gasteiger partial charge is 0.309 e. The molecule has 0 fully saturated rings. The third-order valence-corrected chi connectivity index (χ3v) is 2.88. The van der Waals surface area contributed by atoms with Gasteiger partial charge in [-0.15, -0.1) is 0 Å². The number of pyridine rings is 1. The van der Waals surface area contributed by atoms with Crippen LogP contribution >= 0.6 is 0 Å². The molecule has 3 nitrogen and oxygen atoms in total. The van der Waals surface area contributed by atoms with Crippen LogP contribution in [-0.4, -0.2) is 4.98 Å². The van der Waals surface area contributed by atoms with Crippen molar-refractivity contribution in [1.82, 2.24) is 10.3 Å². The zero-order valence-corrected chi connectivity index (χ0v) is 11.0. The van der Waals surface area contributed by atoms with E-state index < -0.39 is 11.7 Å². The number of hydrogen-bond acceptors (Lipinski definition) is 3. The minimum Gasteiger partial charge on any atom is -0.309 e. The first-order valence-electron chi connectivity index (χ1n) is 6.21. The fraction of sp³-hybridized carbons (Fsp3) is 0.200. The van der Waals surface area contributed by atoms with Crippen LogP contribution in [0.3, 0.4) is 0 Å². The van der Waals surface area contributed by atoms with E-state index in [0.717, 1.165) is 23.3 Å². The molecular formula is C15H12F3N3. The monoisotopic (exact) mass is 291 g/mol. The summed E-state index contributed by atoms with van der Waals surface area (Å²) in [6.07, 6.45) is -2.76. The predicted molar refractivity (Wildman–Crippen MR) is 70.9 cm³/mol. The van der Waals surface area contributed by atoms with E-state index in [2.05, 4.69) is 10.3 Å². The maximum absolute atomic E-state index is 12.4. The van der Waals surface area contributed by atoms with Crippen LogP contribution in [0.4, 0.5) is 13.2 Å². The zero-order valence-electron chi connectivity index (χ0n) is 11.0. The van der Waals surface area contributed by atoms with Crippen LogP contribution in [0, 0.1) is 11.3 Å². The Kier molecular flexibility index (Phi) is 4.55. The normalized spacial score (nSPS) is 11.1. The first-order valence-corrected chi connectivity index (χ1v) is 6.21. The molecule has 1 heterocycles. The number of hydrogen-bond donors (Lipinski definition) is 1. The van der Waals surface area contributed by atoms with Crippen molar-refractivity contribution in [2.24, 2.45) is 0 Å². The van der Waals surface area contributed by atoms with Gasteiger partial charge in [-0.25, -0.2) is 4.98 Å². The number of nitrogens with one attached hydrogen (secondary N) is 1. The lowest BCUT2D eigenvalue weighted by Crippen LogP contribution is -2.13. The van der Waals surface area contributed by atoms with Gasteiger partial charge in [-0.3, -0.25) is 0 Å². The average molecular weight is 291 g/mol. The molecule has 1 N–H and O–H groups in total. The molecule has 108 valence electrons. The molecule has 0 aliphatic rings. The molecule has 0 spiro atoms. The van der Waals surface area contributed by atoms with Crippen molar-refractivity contribution >= 4 is 0 Å². The van der Waals surface area contributed by atoms with E-state index >= 15 is 0 Å². The lowest BCUT2D eigenvalue weighted by molar-refractivity contribution is -0.137. The van der Waals surface area contributed by atoms with E-state index in [1.54, 1.807) is 18.3 Å². The molecule has 0 saturated heterocycles. The highest BCUT2D eigenvalue weighted by Crippen LogP contribution is 2.29. The third-order valence-electron chi connectivity index (χ3n) is 2.88. The van der Waals surface area contributed by atoms with Gasteiger partial charge in [-0.05, 0) is 35.4 Å². The Labute approximate surface area is 120 Å². The van der Waals surface area contributed by atoms with E-state index in [1.165, 1.54) is 12.1 Å². The fourth-order valence-corrected chi connectivity index (χ4v) is 1.81. The summed E-state index contributed by atoms with van der Waals surface area (Å²) < 4.78 is 37.2. The quantitative estimate of drug-likeness (QED) is 0.940. The Morgan fingerprint density at radius 3 is 2.33 bits per heavy atom. The van der Waals surface area contributed by atoms with Crippen molar-refractivity contribution < 1.29 is 13.2 Å². The van der Waals surface area contributed by atoms with Crippen molar-refractivity contribution in [2.75, 3.05) is 0 Å². The molecule has 21 heavy (non-hydrogen) atoms. The topological polar surface area (TPSA) is 48.7 Å². The summed E-state index contributed by atoms with van der Waals surface area (Å²) in [6.45, 7) is 0.959. The second-order valence-electron chi connectivity index (χ2n) is 4.46. The molecule has 1 aromatic carbocycles. The number of halogens is 3. The Morgan fingerprint density at radius 1 is 1.05 bits per heavy atom. The van der Waals surface area contributed by atoms with Gasteiger partial charge in [0.2, 0.25) is 0 Å². The van der Waals surface area contributed by atoms with Gasteiger partial charge in [0.25, 0.3) is 0 Å². The summed E-state index contributed by atoms with van der Waals surface area (Å²) in [5.74, 6) is 0. The number of alkyl halides is 3. The van der Waals surface area contributed by atoms with Crippen LogP contribution in [0.5, 0.6) is 0 Å². The van der Waals surface area contributed by atoms with Gasteiger partial charge >= 0.3 is 6.18 Å². The van der Waals surface area contributed by atoms with Crippen LogP contribution in [0.15, 0.2) is 42.6 Å². The summed E-state index contributed by atoms with van der Waals surface area (Å²) >= 11 is 0. The summed E-state index contributed by atoms with van der Waals surface area (Å²) in [4.78, 5) is 3.86. The maximum Gasteiger partial charge on any atom is 0.416 e. The lowest BCUT2D eigenvalue weighted by atomic mass is 10.1. The van der Waals surface area contributed by atoms with Crippen LogP contribution in [0.2, 0.25) is 0 Å². The molecule has 0 saturated carbocycles. The highest BCUT2D eigenvalue weighted by molar-refractivity contribution is 5.26. The van der Waals surface area contributed by atoms with Gasteiger partial charge in [0.05, 0.1) is 5.56 Å². The van der Waals surface area contributed by atoms with Gasteiger partial charge in [-0.1, -0.05) is 12.1 Å². The standard InChI is InChI=1S/C15H12F3N3/c16-15(17,18)13-3-1-11(2-4-13)9-20-10-12-5-6-21-14(7-12)8-19/h1-7,20H,9-10H2. The Balaban J connectivity index is 1.90. The summed E-state index contributed by atoms with van der Waals surface area (Å²) in [5, 5.41) is 11.8. The van der Waals surface area contributed by atoms with Gasteiger partial charge in [0.1, 0.15) is 11.8 Å². The molecule has 6 heteroatoms. The van der Waals surface area contributed by atoms with Crippen molar-refractivity contribution in [3.63, 3.8) is 0 Å². The van der Waals surface area contributed by atoms with Crippen LogP contribution < -0.4 is 5.32 Å². The van der Waals surface area contributed by atoms with Crippen LogP contribution in [-0.2, 0) is 19.3 Å². The molecule has 2 aromatic rings. The molecule has 2 rings (SSSR count). The van der Waals surface area contributed by atoms with Crippen molar-refractivity contribution in [3.05, 3.63) is 65.0 Å². The number of rotatable bonds is 4. The van der Waals surface area contributed by atoms with Crippen LogP contribution in [0.25, 0.3) is 0 Å². The fourth-order valence-electron chi connectivity index (χ4n) is 1.81. The summed E-state index contributed by atoms with van der Waals surface area (Å²) in [5.41, 5.74) is 1.34. The molecule has 1 aromatic heterocycles. The number of benzene rings is 1. The highest BCUT2D eigenvalue weighted by atomic mass is 19.4. The molecule has 0 aliphatic heterocycles. The van der Waals surface area contributed by atoms with Gasteiger partial charge in [-0.2, -0.15) is 18.4 Å². The molecule has 0 aliphatic carbocycles. The maximum atomic E-state index is 12.4. The van der Waals surface area contributed by atoms with E-state index in [-0.39, 0.29) is 0 Å². The predicted octanol–water partition coefficient (Wildman–Crippen LogP) is 3.26. The van der Waals surface area contributed by atoms with E-state index in [4.69, 9.17) is 5.26 Å². The minimum atomic E-state index is -4.31. The largest absolute Gasteiger partial charge is 0.416 e. The number of nitrogens with zero attached hydrogens (tertiary/aromatic N) is 2. The molecule has 0 atom stereocenters. The van der Waals surface area contributed by atoms with Gasteiger partial charge < -0.3 is 5.32 Å². The molecule has 0 unspecified atom stereocenters. The summed E-state index contributed by atoms with van der Waals surface area (Å²) in [7, 11) is 0. The second kappa shape index (κ2) is 6.37. The van der Waals surface area contributed by atoms with Gasteiger partial charge in [0, 0.05) is 19.3 Å². The average Bonchev–Trinajstić information content (AvgIpc) is 2.47. The second-order valence-corrected chi connectivity index (χ2v) is 4.46. The van der Waals surface area contributed by atoms with E-state index in [9.17, 15) is 13.2 Å². The third kappa shape index (κ3) is 4.29. The molecule has 0 bridgehead atoms. The van der Waals surface area contributed by atoms with Crippen molar-refractivity contribution in [3.8, 4) is 6.07 Å². The summed E-state index contributed by atoms with van der Waals surface area (Å²) in [6, 6.07) is 10.4. The number of nitriles is 1. The molecular weight excluding hydrogens is 279 g/mol. The first kappa shape index (κ1) is 15.0. The SMILES string of the molecule is N#Cc1cc(CNCc2ccc(C(F)(F)F)cc2)ccn1. The molecule has 0 radical (unpaired) electrons. The Bertz CT molecular complexity index is 642. The number of aromatic nitrogens is 1. The lowest BCUT2D eigenvalue weighted by Gasteiger charge is -2.08. The highest BCUT2D eigenvalue weighted by Gasteiger charge is 2.29. The van der Waals surface area contributed by atoms with E-state index in [0.29, 0.717) is 18.8 Å². The minimum absolute atomic E-state index is 0.337. The first-order chi connectivity index (χ1) is 9.99. The Morgan fingerprint density at radius 2 is 1.71 bits per heavy atom. The zero-order chi connectivity index (χ0) is 15.3. The Hall–Kier alpha value is -2.39. The van der Waals surface area contributed by atoms with Crippen molar-refractivity contribution in [2.45, 2.75) is 19.3 Å². The van der Waals surface area contributed by atoms with Crippen molar-refractivity contribution in [1.29, 1.82) is 5.26 Å². The van der Waals surface area contributed by atoms with Crippen LogP contribution in [0.1, 0.15) is 22.4 Å².